The number of hydrogen-bond acceptors (Lipinski definition) is 20. The number of anilines is 1. The summed E-state index contributed by atoms with van der Waals surface area (Å²) in [5.74, 6) is -3.25. The van der Waals surface area contributed by atoms with Crippen LogP contribution in [-0.2, 0) is 79.9 Å². The van der Waals surface area contributed by atoms with E-state index in [1.165, 1.54) is 102 Å². The van der Waals surface area contributed by atoms with Crippen LogP contribution in [0.2, 0.25) is 0 Å². The maximum absolute atomic E-state index is 14.1. The number of fused-ring (bicyclic) bond motifs is 2. The summed E-state index contributed by atoms with van der Waals surface area (Å²) in [5.41, 5.74) is 1.71. The first-order chi connectivity index (χ1) is 45.3. The van der Waals surface area contributed by atoms with Crippen LogP contribution in [0, 0.1) is 18.2 Å². The molecule has 94 heavy (non-hydrogen) atoms. The second-order valence-electron chi connectivity index (χ2n) is 23.9. The molecular weight excluding hydrogens is 1290 g/mol. The van der Waals surface area contributed by atoms with Gasteiger partial charge in [0.15, 0.2) is 11.6 Å². The molecule has 0 radical (unpaired) electrons. The zero-order chi connectivity index (χ0) is 67.8. The van der Waals surface area contributed by atoms with Gasteiger partial charge in [0.25, 0.3) is 0 Å². The SMILES string of the molecule is COC(=O)CCCCCCCCCCCCCCCCC(=O)N[C@@H](CCC(=O)NCCOCCOCC(=O)NCCOCCOCC(=O)NCc1ncc(-c2cc3c(C(C)=O)nn(CC(=O)N4C5C[C@]5(C)C[C@H]4C(=O)Nc4nc(Br)c(F)cc4C)c3cn2)cn1)C(=O)OC. The fourth-order valence-electron chi connectivity index (χ4n) is 11.0. The number of likely N-dealkylation sites (tertiary alicyclic amines) is 1. The maximum Gasteiger partial charge on any atom is 0.328 e. The average molecular weight is 1380 g/mol. The maximum atomic E-state index is 14.1. The molecule has 1 unspecified atom stereocenters. The van der Waals surface area contributed by atoms with Crippen LogP contribution in [0.3, 0.4) is 0 Å². The van der Waals surface area contributed by atoms with Gasteiger partial charge in [-0.25, -0.2) is 24.1 Å². The van der Waals surface area contributed by atoms with Crippen LogP contribution in [0.15, 0.2) is 35.3 Å². The number of aryl methyl sites for hydroxylation is 1. The molecule has 5 N–H and O–H groups in total. The number of ketones is 1. The monoisotopic (exact) mass is 1380 g/mol. The van der Waals surface area contributed by atoms with Crippen molar-refractivity contribution >= 4 is 85.8 Å². The van der Waals surface area contributed by atoms with E-state index >= 15 is 0 Å². The van der Waals surface area contributed by atoms with E-state index in [9.17, 15) is 47.5 Å². The van der Waals surface area contributed by atoms with Gasteiger partial charge >= 0.3 is 11.9 Å². The van der Waals surface area contributed by atoms with Gasteiger partial charge in [-0.2, -0.15) is 5.10 Å². The summed E-state index contributed by atoms with van der Waals surface area (Å²) in [6.45, 7) is 5.79. The van der Waals surface area contributed by atoms with Gasteiger partial charge in [0, 0.05) is 68.7 Å². The Morgan fingerprint density at radius 3 is 1.85 bits per heavy atom. The summed E-state index contributed by atoms with van der Waals surface area (Å²) < 4.78 is 46.7. The van der Waals surface area contributed by atoms with E-state index in [0.29, 0.717) is 52.8 Å². The number of methoxy groups -OCH3 is 2. The number of esters is 2. The molecule has 0 aromatic carbocycles. The number of rotatable bonds is 46. The molecule has 6 rings (SSSR count). The zero-order valence-corrected chi connectivity index (χ0v) is 56.3. The van der Waals surface area contributed by atoms with Crippen LogP contribution < -0.4 is 26.6 Å². The van der Waals surface area contributed by atoms with Crippen LogP contribution in [0.5, 0.6) is 0 Å². The van der Waals surface area contributed by atoms with Gasteiger partial charge < -0.3 is 59.9 Å². The van der Waals surface area contributed by atoms with Gasteiger partial charge in [-0.15, -0.1) is 0 Å². The molecule has 2 aliphatic rings. The van der Waals surface area contributed by atoms with Gasteiger partial charge in [-0.3, -0.25) is 48.0 Å². The summed E-state index contributed by atoms with van der Waals surface area (Å²) in [6, 6.07) is 1.04. The smallest absolute Gasteiger partial charge is 0.328 e. The number of nitrogens with zero attached hydrogens (tertiary/aromatic N) is 7. The highest BCUT2D eigenvalue weighted by Crippen LogP contribution is 2.59. The number of hydrogen-bond donors (Lipinski definition) is 5. The average Bonchev–Trinajstić information content (AvgIpc) is 1.55. The lowest BCUT2D eigenvalue weighted by Crippen LogP contribution is -2.47. The Bertz CT molecular complexity index is 3180. The van der Waals surface area contributed by atoms with Gasteiger partial charge in [-0.05, 0) is 78.1 Å². The summed E-state index contributed by atoms with van der Waals surface area (Å²) in [7, 11) is 2.67. The molecule has 27 nitrogen and oxygen atoms in total. The van der Waals surface area contributed by atoms with Gasteiger partial charge in [0.2, 0.25) is 35.4 Å². The second-order valence-corrected chi connectivity index (χ2v) is 24.6. The van der Waals surface area contributed by atoms with Crippen molar-refractivity contribution in [3.8, 4) is 11.3 Å². The predicted octanol–water partition coefficient (Wildman–Crippen LogP) is 6.48. The molecule has 4 aromatic rings. The summed E-state index contributed by atoms with van der Waals surface area (Å²) in [6.07, 6.45) is 22.2. The molecule has 29 heteroatoms. The van der Waals surface area contributed by atoms with Crippen molar-refractivity contribution in [1.29, 1.82) is 0 Å². The van der Waals surface area contributed by atoms with Crippen LogP contribution >= 0.6 is 15.9 Å². The van der Waals surface area contributed by atoms with Crippen molar-refractivity contribution in [2.24, 2.45) is 5.41 Å². The first-order valence-corrected chi connectivity index (χ1v) is 33.3. The number of amides is 6. The molecule has 1 saturated carbocycles. The first-order valence-electron chi connectivity index (χ1n) is 32.5. The summed E-state index contributed by atoms with van der Waals surface area (Å²) >= 11 is 3.06. The predicted molar refractivity (Wildman–Crippen MR) is 346 cm³/mol. The molecule has 0 bridgehead atoms. The molecular formula is C65H92BrFN12O15. The Morgan fingerprint density at radius 2 is 1.26 bits per heavy atom. The quantitative estimate of drug-likeness (QED) is 0.0137. The fourth-order valence-corrected chi connectivity index (χ4v) is 11.3. The Labute approximate surface area is 556 Å². The van der Waals surface area contributed by atoms with Crippen LogP contribution in [0.25, 0.3) is 22.2 Å². The van der Waals surface area contributed by atoms with Crippen molar-refractivity contribution in [1.82, 2.24) is 55.9 Å². The van der Waals surface area contributed by atoms with E-state index in [-0.39, 0.29) is 155 Å². The third-order valence-electron chi connectivity index (χ3n) is 16.4. The Hall–Kier alpha value is -7.47. The number of piperidine rings is 1. The van der Waals surface area contributed by atoms with Crippen LogP contribution in [-0.4, -0.2) is 186 Å². The fraction of sp³-hybridized carbons (Fsp3) is 0.631. The molecule has 6 amide bonds. The van der Waals surface area contributed by atoms with Gasteiger partial charge in [0.1, 0.15) is 53.8 Å². The molecule has 1 saturated heterocycles. The van der Waals surface area contributed by atoms with Crippen molar-refractivity contribution in [3.63, 3.8) is 0 Å². The van der Waals surface area contributed by atoms with Crippen LogP contribution in [0.1, 0.15) is 164 Å². The van der Waals surface area contributed by atoms with E-state index in [0.717, 1.165) is 44.9 Å². The number of Topliss-reactive ketones (excluding diaryl/α,β-unsaturated/α-hetero) is 1. The van der Waals surface area contributed by atoms with Crippen LogP contribution in [0.4, 0.5) is 10.2 Å². The highest BCUT2D eigenvalue weighted by molar-refractivity contribution is 9.10. The second kappa shape index (κ2) is 40.0. The van der Waals surface area contributed by atoms with Crippen molar-refractivity contribution in [2.75, 3.05) is 85.5 Å². The lowest BCUT2D eigenvalue weighted by Gasteiger charge is -2.27. The number of ether oxygens (including phenoxy) is 6. The number of nitrogens with one attached hydrogen (secondary N) is 5. The molecule has 5 heterocycles. The highest BCUT2D eigenvalue weighted by Gasteiger charge is 2.64. The summed E-state index contributed by atoms with van der Waals surface area (Å²) in [4.78, 5) is 133. The largest absolute Gasteiger partial charge is 0.469 e. The lowest BCUT2D eigenvalue weighted by molar-refractivity contribution is -0.145. The van der Waals surface area contributed by atoms with Gasteiger partial charge in [0.05, 0.1) is 77.8 Å². The topological polar surface area (TPSA) is 342 Å². The lowest BCUT2D eigenvalue weighted by atomic mass is 10.0. The normalized spacial score (nSPS) is 15.8. The minimum Gasteiger partial charge on any atom is -0.469 e. The molecule has 2 fully saturated rings. The van der Waals surface area contributed by atoms with E-state index in [1.807, 2.05) is 6.92 Å². The van der Waals surface area contributed by atoms with E-state index < -0.39 is 35.7 Å². The molecule has 4 aromatic heterocycles. The zero-order valence-electron chi connectivity index (χ0n) is 54.8. The van der Waals surface area contributed by atoms with Crippen molar-refractivity contribution in [3.05, 3.63) is 58.2 Å². The molecule has 1 aliphatic carbocycles. The molecule has 0 spiro atoms. The number of aromatic nitrogens is 6. The first kappa shape index (κ1) is 75.6. The minimum absolute atomic E-state index is 0.00000603. The molecule has 1 aliphatic heterocycles. The number of unbranched alkanes of at least 4 members (excludes halogenated alkanes) is 13. The number of carbonyl (C=O) groups excluding carboxylic acids is 9. The van der Waals surface area contributed by atoms with E-state index in [1.54, 1.807) is 17.9 Å². The molecule has 4 atom stereocenters. The van der Waals surface area contributed by atoms with Gasteiger partial charge in [-0.1, -0.05) is 84.0 Å². The van der Waals surface area contributed by atoms with Crippen molar-refractivity contribution in [2.45, 2.75) is 180 Å². The standard InChI is InChI=1S/C65H92BrFN12O15/c1-43-32-47(67)61(66)75-62(43)76-63(87)50-34-65(3)35-52(65)79(50)58(85)40-78-51-38-70-49(33-46(51)60(77-78)44(2)80)45-36-71-53(72-37-45)39-73-57(84)42-94-31-29-92-27-25-69-56(83)41-93-30-28-91-26-24-68-54(81)23-22-48(64(88)90-5)74-55(82)20-18-16-14-12-10-8-6-7-9-11-13-15-17-19-21-59(86)89-4/h32-33,36-38,48,50,52H,6-31,34-35,39-42H2,1-5H3,(H,68,81)(H,69,83)(H,73,84)(H,74,82)(H,75,76,87)/t48-,50-,52?,65-/m0/s1. The third-order valence-corrected chi connectivity index (χ3v) is 16.9. The number of carbonyl (C=O) groups is 9. The van der Waals surface area contributed by atoms with Crippen molar-refractivity contribution < 1.29 is 76.0 Å². The number of pyridine rings is 2. The Kier molecular flexibility index (Phi) is 32.2. The Morgan fingerprint density at radius 1 is 0.681 bits per heavy atom. The molecule has 516 valence electrons. The highest BCUT2D eigenvalue weighted by atomic mass is 79.9. The minimum atomic E-state index is -0.927. The van der Waals surface area contributed by atoms with E-state index in [2.05, 4.69) is 72.3 Å². The Balaban J connectivity index is 0.741. The number of halogens is 2. The summed E-state index contributed by atoms with van der Waals surface area (Å²) in [5, 5.41) is 18.5. The third kappa shape index (κ3) is 25.4. The van der Waals surface area contributed by atoms with E-state index in [4.69, 9.17) is 23.7 Å².